The highest BCUT2D eigenvalue weighted by molar-refractivity contribution is 5.65. The van der Waals surface area contributed by atoms with Gasteiger partial charge in [0, 0.05) is 0 Å². The molecule has 0 aromatic heterocycles. The summed E-state index contributed by atoms with van der Waals surface area (Å²) in [6.45, 7) is 1.53. The first-order valence-corrected chi connectivity index (χ1v) is 12.1. The van der Waals surface area contributed by atoms with Crippen molar-refractivity contribution in [1.82, 2.24) is 0 Å². The van der Waals surface area contributed by atoms with Crippen LogP contribution in [0.5, 0.6) is 0 Å². The van der Waals surface area contributed by atoms with Gasteiger partial charge in [-0.05, 0) is 64.4 Å². The number of aldehydes is 1. The van der Waals surface area contributed by atoms with E-state index in [-0.39, 0.29) is 44.9 Å². The van der Waals surface area contributed by atoms with Gasteiger partial charge in [0.2, 0.25) is 0 Å². The highest BCUT2D eigenvalue weighted by Gasteiger charge is 2.22. The van der Waals surface area contributed by atoms with Crippen molar-refractivity contribution in [2.24, 2.45) is 0 Å². The summed E-state index contributed by atoms with van der Waals surface area (Å²) in [6, 6.07) is 0. The second-order valence-electron chi connectivity index (χ2n) is 9.03. The molecule has 0 saturated heterocycles. The molecule has 0 amide bonds. The van der Waals surface area contributed by atoms with E-state index < -0.39 is 48.8 Å². The zero-order chi connectivity index (χ0) is 26.6. The SMILES string of the molecule is CC(O)CC(O)CC(O)CC(O)CC(O)CC(O)CC(O)CC(O)CC=CC=CC=CC=CC=O. The Balaban J connectivity index is 4.17. The number of aliphatic hydroxyl groups excluding tert-OH is 8. The molecule has 0 fully saturated rings. The third-order valence-corrected chi connectivity index (χ3v) is 5.17. The molecule has 0 spiro atoms. The number of hydrogen-bond acceptors (Lipinski definition) is 9. The van der Waals surface area contributed by atoms with Crippen LogP contribution in [0.2, 0.25) is 0 Å². The third kappa shape index (κ3) is 21.3. The van der Waals surface area contributed by atoms with Gasteiger partial charge >= 0.3 is 0 Å². The first-order chi connectivity index (χ1) is 16.5. The van der Waals surface area contributed by atoms with Crippen molar-refractivity contribution in [3.8, 4) is 0 Å². The highest BCUT2D eigenvalue weighted by Crippen LogP contribution is 2.17. The molecule has 0 aliphatic rings. The van der Waals surface area contributed by atoms with Gasteiger partial charge in [0.1, 0.15) is 6.29 Å². The van der Waals surface area contributed by atoms with Crippen molar-refractivity contribution < 1.29 is 45.6 Å². The molecule has 0 aromatic rings. The van der Waals surface area contributed by atoms with Crippen molar-refractivity contribution in [3.63, 3.8) is 0 Å². The Hall–Kier alpha value is -1.69. The Bertz CT molecular complexity index is 645. The predicted octanol–water partition coefficient (Wildman–Crippen LogP) is 0.438. The van der Waals surface area contributed by atoms with E-state index in [4.69, 9.17) is 0 Å². The fourth-order valence-electron chi connectivity index (χ4n) is 3.63. The maximum absolute atomic E-state index is 10.1. The highest BCUT2D eigenvalue weighted by atomic mass is 16.3. The Morgan fingerprint density at radius 3 is 1.14 bits per heavy atom. The fraction of sp³-hybridized carbons (Fsp3) is 0.654. The lowest BCUT2D eigenvalue weighted by Gasteiger charge is -2.23. The van der Waals surface area contributed by atoms with E-state index in [1.165, 1.54) is 13.0 Å². The van der Waals surface area contributed by atoms with Crippen LogP contribution in [0.3, 0.4) is 0 Å². The number of rotatable bonds is 20. The van der Waals surface area contributed by atoms with Crippen LogP contribution in [-0.4, -0.2) is 96.0 Å². The summed E-state index contributed by atoms with van der Waals surface area (Å²) in [5.74, 6) is 0. The second kappa shape index (κ2) is 20.5. The lowest BCUT2D eigenvalue weighted by molar-refractivity contribution is -0.104. The van der Waals surface area contributed by atoms with Gasteiger partial charge in [0.05, 0.1) is 48.8 Å². The molecule has 0 heterocycles. The normalized spacial score (nSPS) is 19.8. The first kappa shape index (κ1) is 33.3. The van der Waals surface area contributed by atoms with E-state index in [0.717, 1.165) is 0 Å². The number of allylic oxidation sites excluding steroid dienone is 7. The molecule has 8 atom stereocenters. The van der Waals surface area contributed by atoms with E-state index in [9.17, 15) is 45.6 Å². The molecule has 9 nitrogen and oxygen atoms in total. The molecule has 35 heavy (non-hydrogen) atoms. The van der Waals surface area contributed by atoms with Crippen molar-refractivity contribution in [2.75, 3.05) is 0 Å². The van der Waals surface area contributed by atoms with Crippen molar-refractivity contribution in [3.05, 3.63) is 48.6 Å². The lowest BCUT2D eigenvalue weighted by atomic mass is 9.95. The van der Waals surface area contributed by atoms with Gasteiger partial charge in [0.25, 0.3) is 0 Å². The zero-order valence-electron chi connectivity index (χ0n) is 20.5. The molecule has 0 saturated carbocycles. The minimum absolute atomic E-state index is 0.00218. The Morgan fingerprint density at radius 2 is 0.771 bits per heavy atom. The van der Waals surface area contributed by atoms with Crippen LogP contribution in [0.4, 0.5) is 0 Å². The maximum Gasteiger partial charge on any atom is 0.142 e. The first-order valence-electron chi connectivity index (χ1n) is 12.1. The Kier molecular flexibility index (Phi) is 19.5. The van der Waals surface area contributed by atoms with Crippen molar-refractivity contribution in [2.45, 2.75) is 107 Å². The summed E-state index contributed by atoms with van der Waals surface area (Å²) in [5.41, 5.74) is 0. The van der Waals surface area contributed by atoms with E-state index in [1.54, 1.807) is 42.5 Å². The molecule has 0 bridgehead atoms. The minimum Gasteiger partial charge on any atom is -0.393 e. The molecule has 202 valence electrons. The summed E-state index contributed by atoms with van der Waals surface area (Å²) < 4.78 is 0. The van der Waals surface area contributed by atoms with Gasteiger partial charge in [-0.2, -0.15) is 0 Å². The summed E-state index contributed by atoms with van der Waals surface area (Å²) in [4.78, 5) is 10.1. The van der Waals surface area contributed by atoms with Gasteiger partial charge in [-0.3, -0.25) is 4.79 Å². The van der Waals surface area contributed by atoms with Crippen LogP contribution in [0, 0.1) is 0 Å². The van der Waals surface area contributed by atoms with E-state index >= 15 is 0 Å². The van der Waals surface area contributed by atoms with Gasteiger partial charge < -0.3 is 40.9 Å². The molecule has 8 unspecified atom stereocenters. The second-order valence-corrected chi connectivity index (χ2v) is 9.03. The van der Waals surface area contributed by atoms with Gasteiger partial charge in [-0.15, -0.1) is 0 Å². The summed E-state index contributed by atoms with van der Waals surface area (Å²) in [6.07, 6.45) is 6.82. The molecule has 8 N–H and O–H groups in total. The van der Waals surface area contributed by atoms with Gasteiger partial charge in [-0.25, -0.2) is 0 Å². The van der Waals surface area contributed by atoms with Crippen LogP contribution in [-0.2, 0) is 4.79 Å². The molecule has 0 aliphatic heterocycles. The van der Waals surface area contributed by atoms with Crippen LogP contribution in [0.1, 0.15) is 58.3 Å². The average Bonchev–Trinajstić information content (AvgIpc) is 2.70. The lowest BCUT2D eigenvalue weighted by Crippen LogP contribution is -2.29. The molecule has 0 radical (unpaired) electrons. The smallest absolute Gasteiger partial charge is 0.142 e. The van der Waals surface area contributed by atoms with E-state index in [1.807, 2.05) is 0 Å². The Labute approximate surface area is 208 Å². The maximum atomic E-state index is 10.1. The number of hydrogen-bond donors (Lipinski definition) is 8. The average molecular weight is 501 g/mol. The quantitative estimate of drug-likeness (QED) is 0.0669. The molecule has 9 heteroatoms. The zero-order valence-corrected chi connectivity index (χ0v) is 20.5. The van der Waals surface area contributed by atoms with Gasteiger partial charge in [0.15, 0.2) is 0 Å². The number of carbonyl (C=O) groups excluding carboxylic acids is 1. The van der Waals surface area contributed by atoms with Crippen molar-refractivity contribution >= 4 is 6.29 Å². The van der Waals surface area contributed by atoms with E-state index in [0.29, 0.717) is 12.7 Å². The summed E-state index contributed by atoms with van der Waals surface area (Å²) >= 11 is 0. The van der Waals surface area contributed by atoms with Crippen LogP contribution in [0.15, 0.2) is 48.6 Å². The van der Waals surface area contributed by atoms with Crippen molar-refractivity contribution in [1.29, 1.82) is 0 Å². The summed E-state index contributed by atoms with van der Waals surface area (Å²) in [7, 11) is 0. The standard InChI is InChI=1S/C26H44O9/c1-19(28)12-21(30)14-23(32)16-25(34)18-26(35)17-24(33)15-22(31)13-20(29)10-8-6-4-2-3-5-7-9-11-27/h2-9,11,19-26,28-35H,10,12-18H2,1H3. The predicted molar refractivity (Wildman–Crippen MR) is 133 cm³/mol. The molecular formula is C26H44O9. The Morgan fingerprint density at radius 1 is 0.457 bits per heavy atom. The van der Waals surface area contributed by atoms with Crippen LogP contribution >= 0.6 is 0 Å². The minimum atomic E-state index is -1.05. The van der Waals surface area contributed by atoms with Gasteiger partial charge in [-0.1, -0.05) is 42.5 Å². The summed E-state index contributed by atoms with van der Waals surface area (Å²) in [5, 5.41) is 79.2. The largest absolute Gasteiger partial charge is 0.393 e. The van der Waals surface area contributed by atoms with Crippen LogP contribution < -0.4 is 0 Å². The number of carbonyl (C=O) groups is 1. The molecule has 0 rings (SSSR count). The number of aliphatic hydroxyl groups is 8. The molecular weight excluding hydrogens is 456 g/mol. The topological polar surface area (TPSA) is 179 Å². The van der Waals surface area contributed by atoms with Crippen LogP contribution in [0.25, 0.3) is 0 Å². The van der Waals surface area contributed by atoms with E-state index in [2.05, 4.69) is 0 Å². The monoisotopic (exact) mass is 500 g/mol. The molecule has 0 aliphatic carbocycles. The third-order valence-electron chi connectivity index (χ3n) is 5.17. The molecule has 0 aromatic carbocycles. The fourth-order valence-corrected chi connectivity index (χ4v) is 3.63.